The maximum atomic E-state index is 9.15. The molecule has 1 aliphatic rings. The van der Waals surface area contributed by atoms with Gasteiger partial charge in [-0.25, -0.2) is 4.79 Å². The van der Waals surface area contributed by atoms with Crippen LogP contribution < -0.4 is 0 Å². The molecule has 0 aromatic carbocycles. The Kier molecular flexibility index (Phi) is 4.72. The smallest absolute Gasteiger partial charge is 0.450 e. The minimum atomic E-state index is -1.25. The van der Waals surface area contributed by atoms with E-state index in [1.165, 1.54) is 19.3 Å². The molecule has 0 unspecified atom stereocenters. The fourth-order valence-electron chi connectivity index (χ4n) is 0.526. The van der Waals surface area contributed by atoms with Crippen molar-refractivity contribution in [2.24, 2.45) is 5.92 Å². The van der Waals surface area contributed by atoms with Crippen LogP contribution in [0.25, 0.3) is 0 Å². The van der Waals surface area contributed by atoms with Crippen molar-refractivity contribution in [1.29, 1.82) is 0 Å². The quantitative estimate of drug-likeness (QED) is 0.576. The molecule has 3 nitrogen and oxygen atoms in total. The van der Waals surface area contributed by atoms with Crippen molar-refractivity contribution < 1.29 is 14.6 Å². The zero-order valence-electron chi connectivity index (χ0n) is 6.46. The van der Waals surface area contributed by atoms with Crippen molar-refractivity contribution in [3.05, 3.63) is 0 Å². The molecule has 1 fully saturated rings. The summed E-state index contributed by atoms with van der Waals surface area (Å²) in [4.78, 5) is 9.15. The zero-order chi connectivity index (χ0) is 7.98. The predicted octanol–water partition coefficient (Wildman–Crippen LogP) is 2.12. The van der Waals surface area contributed by atoms with Crippen LogP contribution >= 0.6 is 0 Å². The third-order valence-electron chi connectivity index (χ3n) is 1.45. The van der Waals surface area contributed by atoms with Gasteiger partial charge in [-0.3, -0.25) is 0 Å². The first-order valence-corrected chi connectivity index (χ1v) is 3.47. The first kappa shape index (κ1) is 9.27. The van der Waals surface area contributed by atoms with E-state index in [1.807, 2.05) is 0 Å². The molecule has 1 N–H and O–H groups in total. The number of ether oxygens (including phenoxy) is 1. The fourth-order valence-corrected chi connectivity index (χ4v) is 0.526. The molecule has 0 atom stereocenters. The number of carboxylic acid groups (broad SMARTS) is 1. The summed E-state index contributed by atoms with van der Waals surface area (Å²) in [6.45, 7) is 2.26. The molecule has 10 heavy (non-hydrogen) atoms. The van der Waals surface area contributed by atoms with Crippen molar-refractivity contribution >= 4 is 6.16 Å². The Morgan fingerprint density at radius 3 is 2.10 bits per heavy atom. The Hall–Kier alpha value is -0.730. The lowest BCUT2D eigenvalue weighted by Gasteiger charge is -1.79. The second-order valence-electron chi connectivity index (χ2n) is 2.32. The molecule has 1 aliphatic carbocycles. The van der Waals surface area contributed by atoms with E-state index < -0.39 is 6.16 Å². The largest absolute Gasteiger partial charge is 0.505 e. The molecule has 0 bridgehead atoms. The third-order valence-corrected chi connectivity index (χ3v) is 1.45. The van der Waals surface area contributed by atoms with Gasteiger partial charge < -0.3 is 9.84 Å². The standard InChI is InChI=1S/C5H10.C2H4O3/c1-2-5-3-4-5;1-5-2(3)4/h5H,2-4H2,1H3;1H3,(H,3,4). The highest BCUT2D eigenvalue weighted by Crippen LogP contribution is 2.31. The van der Waals surface area contributed by atoms with E-state index in [0.29, 0.717) is 0 Å². The summed E-state index contributed by atoms with van der Waals surface area (Å²) in [5.74, 6) is 1.13. The van der Waals surface area contributed by atoms with E-state index in [2.05, 4.69) is 11.7 Å². The number of hydrogen-bond donors (Lipinski definition) is 1. The highest BCUT2D eigenvalue weighted by atomic mass is 16.6. The van der Waals surface area contributed by atoms with E-state index in [9.17, 15) is 0 Å². The average Bonchev–Trinajstić information content (AvgIpc) is 2.70. The van der Waals surface area contributed by atoms with Crippen molar-refractivity contribution in [3.8, 4) is 0 Å². The molecule has 0 radical (unpaired) electrons. The number of carbonyl (C=O) groups is 1. The van der Waals surface area contributed by atoms with Crippen molar-refractivity contribution in [1.82, 2.24) is 0 Å². The molecule has 1 saturated carbocycles. The summed E-state index contributed by atoms with van der Waals surface area (Å²) in [5.41, 5.74) is 0. The Morgan fingerprint density at radius 1 is 1.70 bits per heavy atom. The van der Waals surface area contributed by atoms with Crippen LogP contribution in [0.2, 0.25) is 0 Å². The summed E-state index contributed by atoms with van der Waals surface area (Å²) < 4.78 is 3.67. The molecule has 60 valence electrons. The topological polar surface area (TPSA) is 46.5 Å². The van der Waals surface area contributed by atoms with E-state index in [0.717, 1.165) is 13.0 Å². The minimum Gasteiger partial charge on any atom is -0.450 e. The lowest BCUT2D eigenvalue weighted by Crippen LogP contribution is -1.91. The molecule has 0 spiro atoms. The number of rotatable bonds is 1. The van der Waals surface area contributed by atoms with Crippen LogP contribution in [0.5, 0.6) is 0 Å². The Labute approximate surface area is 61.0 Å². The van der Waals surface area contributed by atoms with Gasteiger partial charge in [0.15, 0.2) is 0 Å². The van der Waals surface area contributed by atoms with Gasteiger partial charge in [0.25, 0.3) is 0 Å². The lowest BCUT2D eigenvalue weighted by atomic mass is 10.3. The molecule has 0 saturated heterocycles. The Bertz CT molecular complexity index is 97.0. The van der Waals surface area contributed by atoms with Crippen LogP contribution in [-0.4, -0.2) is 18.4 Å². The highest BCUT2D eigenvalue weighted by molar-refractivity contribution is 5.56. The normalized spacial score (nSPS) is 15.0. The second-order valence-corrected chi connectivity index (χ2v) is 2.32. The van der Waals surface area contributed by atoms with Crippen molar-refractivity contribution in [3.63, 3.8) is 0 Å². The van der Waals surface area contributed by atoms with Crippen LogP contribution in [0, 0.1) is 5.92 Å². The van der Waals surface area contributed by atoms with Gasteiger partial charge >= 0.3 is 6.16 Å². The summed E-state index contributed by atoms with van der Waals surface area (Å²) in [6, 6.07) is 0. The molecule has 3 heteroatoms. The molecule has 0 amide bonds. The lowest BCUT2D eigenvalue weighted by molar-refractivity contribution is 0.114. The van der Waals surface area contributed by atoms with Gasteiger partial charge in [-0.2, -0.15) is 0 Å². The second kappa shape index (κ2) is 5.09. The average molecular weight is 146 g/mol. The number of hydrogen-bond acceptors (Lipinski definition) is 2. The fraction of sp³-hybridized carbons (Fsp3) is 0.857. The Morgan fingerprint density at radius 2 is 2.10 bits per heavy atom. The molecule has 0 aliphatic heterocycles. The maximum Gasteiger partial charge on any atom is 0.505 e. The minimum absolute atomic E-state index is 1.10. The monoisotopic (exact) mass is 146 g/mol. The predicted molar refractivity (Wildman–Crippen MR) is 38.0 cm³/mol. The molecular weight excluding hydrogens is 132 g/mol. The van der Waals surface area contributed by atoms with E-state index in [1.54, 1.807) is 0 Å². The molecule has 0 aromatic rings. The summed E-state index contributed by atoms with van der Waals surface area (Å²) in [7, 11) is 1.10. The molecular formula is C7H14O3. The van der Waals surface area contributed by atoms with Crippen molar-refractivity contribution in [2.75, 3.05) is 7.11 Å². The summed E-state index contributed by atoms with van der Waals surface area (Å²) >= 11 is 0. The van der Waals surface area contributed by atoms with Crippen molar-refractivity contribution in [2.45, 2.75) is 26.2 Å². The van der Waals surface area contributed by atoms with Gasteiger partial charge in [0, 0.05) is 0 Å². The maximum absolute atomic E-state index is 9.15. The molecule has 1 rings (SSSR count). The van der Waals surface area contributed by atoms with E-state index >= 15 is 0 Å². The SMILES string of the molecule is CCC1CC1.COC(=O)O. The zero-order valence-corrected chi connectivity index (χ0v) is 6.46. The Balaban J connectivity index is 0.000000162. The van der Waals surface area contributed by atoms with Crippen LogP contribution in [0.4, 0.5) is 4.79 Å². The summed E-state index contributed by atoms with van der Waals surface area (Å²) in [6.07, 6.45) is 3.19. The van der Waals surface area contributed by atoms with Crippen LogP contribution in [0.15, 0.2) is 0 Å². The third kappa shape index (κ3) is 7.27. The first-order valence-electron chi connectivity index (χ1n) is 3.47. The molecule has 0 aromatic heterocycles. The number of methoxy groups -OCH3 is 1. The van der Waals surface area contributed by atoms with Gasteiger partial charge in [0.05, 0.1) is 7.11 Å². The van der Waals surface area contributed by atoms with Gasteiger partial charge in [-0.15, -0.1) is 0 Å². The first-order chi connectivity index (χ1) is 4.70. The highest BCUT2D eigenvalue weighted by Gasteiger charge is 2.17. The van der Waals surface area contributed by atoms with Gasteiger partial charge in [-0.05, 0) is 5.92 Å². The summed E-state index contributed by atoms with van der Waals surface area (Å²) in [5, 5.41) is 7.50. The van der Waals surface area contributed by atoms with Crippen LogP contribution in [0.3, 0.4) is 0 Å². The van der Waals surface area contributed by atoms with E-state index in [4.69, 9.17) is 9.90 Å². The van der Waals surface area contributed by atoms with Crippen LogP contribution in [-0.2, 0) is 4.74 Å². The van der Waals surface area contributed by atoms with Gasteiger partial charge in [0.1, 0.15) is 0 Å². The molecule has 0 heterocycles. The van der Waals surface area contributed by atoms with Gasteiger partial charge in [-0.1, -0.05) is 26.2 Å². The van der Waals surface area contributed by atoms with Crippen LogP contribution in [0.1, 0.15) is 26.2 Å². The van der Waals surface area contributed by atoms with E-state index in [-0.39, 0.29) is 0 Å². The van der Waals surface area contributed by atoms with Gasteiger partial charge in [0.2, 0.25) is 0 Å².